The smallest absolute Gasteiger partial charge is 0.277 e. The van der Waals surface area contributed by atoms with Crippen LogP contribution in [0.25, 0.3) is 11.5 Å². The van der Waals surface area contributed by atoms with Crippen molar-refractivity contribution >= 4 is 33.4 Å². The Morgan fingerprint density at radius 3 is 2.48 bits per heavy atom. The lowest BCUT2D eigenvalue weighted by molar-refractivity contribution is -0.113. The Labute approximate surface area is 171 Å². The van der Waals surface area contributed by atoms with E-state index in [0.29, 0.717) is 5.69 Å². The molecule has 0 saturated carbocycles. The summed E-state index contributed by atoms with van der Waals surface area (Å²) in [6, 6.07) is 11.8. The first-order valence-corrected chi connectivity index (χ1v) is 10.7. The maximum Gasteiger partial charge on any atom is 0.277 e. The normalized spacial score (nSPS) is 11.6. The van der Waals surface area contributed by atoms with Crippen LogP contribution >= 0.6 is 11.8 Å². The fourth-order valence-electron chi connectivity index (χ4n) is 2.26. The molecule has 0 bridgehead atoms. The summed E-state index contributed by atoms with van der Waals surface area (Å²) in [4.78, 5) is 12.2. The molecule has 0 aliphatic heterocycles. The number of halogens is 1. The highest BCUT2D eigenvalue weighted by Crippen LogP contribution is 2.25. The minimum absolute atomic E-state index is 0.0172. The summed E-state index contributed by atoms with van der Waals surface area (Å²) in [5, 5.41) is 10.4. The molecular formula is C18H17FN4O4S2. The number of carbonyl (C=O) groups excluding carboxylic acids is 1. The average Bonchev–Trinajstić information content (AvgIpc) is 3.16. The highest BCUT2D eigenvalue weighted by molar-refractivity contribution is 7.99. The third-order valence-corrected chi connectivity index (χ3v) is 6.40. The van der Waals surface area contributed by atoms with Crippen LogP contribution in [0.3, 0.4) is 0 Å². The maximum absolute atomic E-state index is 13.7. The molecular weight excluding hydrogens is 419 g/mol. The van der Waals surface area contributed by atoms with Crippen molar-refractivity contribution < 1.29 is 22.0 Å². The fraction of sp³-hybridized carbons (Fsp3) is 0.167. The van der Waals surface area contributed by atoms with E-state index in [9.17, 15) is 17.6 Å². The van der Waals surface area contributed by atoms with Crippen LogP contribution in [0.5, 0.6) is 0 Å². The summed E-state index contributed by atoms with van der Waals surface area (Å²) in [6.07, 6.45) is 0. The van der Waals surface area contributed by atoms with Crippen molar-refractivity contribution in [3.63, 3.8) is 0 Å². The number of anilines is 1. The number of hydrogen-bond acceptors (Lipinski definition) is 7. The van der Waals surface area contributed by atoms with Gasteiger partial charge >= 0.3 is 0 Å². The molecule has 0 aliphatic rings. The Morgan fingerprint density at radius 1 is 1.14 bits per heavy atom. The zero-order valence-electron chi connectivity index (χ0n) is 15.5. The van der Waals surface area contributed by atoms with Crippen molar-refractivity contribution in [3.8, 4) is 11.5 Å². The third kappa shape index (κ3) is 5.00. The lowest BCUT2D eigenvalue weighted by atomic mass is 10.2. The van der Waals surface area contributed by atoms with Crippen molar-refractivity contribution in [2.45, 2.75) is 10.1 Å². The van der Waals surface area contributed by atoms with Crippen LogP contribution in [0.1, 0.15) is 0 Å². The summed E-state index contributed by atoms with van der Waals surface area (Å²) in [7, 11) is -0.646. The number of carbonyl (C=O) groups is 1. The van der Waals surface area contributed by atoms with E-state index in [2.05, 4.69) is 15.5 Å². The van der Waals surface area contributed by atoms with Crippen LogP contribution in [0.15, 0.2) is 63.1 Å². The zero-order chi connectivity index (χ0) is 21.0. The number of sulfonamides is 1. The summed E-state index contributed by atoms with van der Waals surface area (Å²) in [5.41, 5.74) is 0.634. The number of benzene rings is 2. The van der Waals surface area contributed by atoms with Gasteiger partial charge in [-0.2, -0.15) is 0 Å². The van der Waals surface area contributed by atoms with Crippen LogP contribution < -0.4 is 5.32 Å². The van der Waals surface area contributed by atoms with E-state index in [1.54, 1.807) is 12.1 Å². The van der Waals surface area contributed by atoms with Gasteiger partial charge in [-0.15, -0.1) is 10.2 Å². The van der Waals surface area contributed by atoms with E-state index < -0.39 is 15.8 Å². The Bertz CT molecular complexity index is 1110. The Balaban J connectivity index is 1.58. The van der Waals surface area contributed by atoms with Gasteiger partial charge in [0.05, 0.1) is 16.2 Å². The predicted molar refractivity (Wildman–Crippen MR) is 106 cm³/mol. The fourth-order valence-corrected chi connectivity index (χ4v) is 3.72. The molecule has 29 heavy (non-hydrogen) atoms. The number of aromatic nitrogens is 2. The molecule has 1 amide bonds. The van der Waals surface area contributed by atoms with Crippen LogP contribution in [-0.4, -0.2) is 48.7 Å². The van der Waals surface area contributed by atoms with Gasteiger partial charge in [0.15, 0.2) is 0 Å². The second kappa shape index (κ2) is 8.72. The van der Waals surface area contributed by atoms with Gasteiger partial charge in [-0.25, -0.2) is 17.1 Å². The monoisotopic (exact) mass is 436 g/mol. The van der Waals surface area contributed by atoms with E-state index in [-0.39, 0.29) is 33.2 Å². The summed E-state index contributed by atoms with van der Waals surface area (Å²) in [6.45, 7) is 0. The minimum atomic E-state index is -3.53. The molecule has 8 nitrogen and oxygen atoms in total. The molecule has 0 saturated heterocycles. The number of amides is 1. The standard InChI is InChI=1S/C18H17FN4O4S2/c1-23(2)29(25,26)13-9-7-12(8-10-13)20-16(24)11-28-18-22-21-17(27-18)14-5-3-4-6-15(14)19/h3-10H,11H2,1-2H3,(H,20,24). The third-order valence-electron chi connectivity index (χ3n) is 3.75. The summed E-state index contributed by atoms with van der Waals surface area (Å²) in [5.74, 6) is -0.811. The molecule has 0 fully saturated rings. The Morgan fingerprint density at radius 2 is 1.83 bits per heavy atom. The second-order valence-electron chi connectivity index (χ2n) is 6.00. The second-order valence-corrected chi connectivity index (χ2v) is 9.08. The predicted octanol–water partition coefficient (Wildman–Crippen LogP) is 2.86. The van der Waals surface area contributed by atoms with Gasteiger partial charge in [0, 0.05) is 19.8 Å². The molecule has 1 aromatic heterocycles. The quantitative estimate of drug-likeness (QED) is 0.568. The zero-order valence-corrected chi connectivity index (χ0v) is 17.1. The molecule has 0 radical (unpaired) electrons. The average molecular weight is 436 g/mol. The van der Waals surface area contributed by atoms with E-state index in [4.69, 9.17) is 4.42 Å². The van der Waals surface area contributed by atoms with Gasteiger partial charge in [0.25, 0.3) is 11.1 Å². The summed E-state index contributed by atoms with van der Waals surface area (Å²) < 4.78 is 44.3. The topological polar surface area (TPSA) is 105 Å². The van der Waals surface area contributed by atoms with Crippen LogP contribution in [0.4, 0.5) is 10.1 Å². The van der Waals surface area contributed by atoms with Gasteiger partial charge in [0.2, 0.25) is 15.9 Å². The first-order valence-electron chi connectivity index (χ1n) is 8.31. The number of hydrogen-bond donors (Lipinski definition) is 1. The number of nitrogens with one attached hydrogen (secondary N) is 1. The largest absolute Gasteiger partial charge is 0.411 e. The molecule has 3 aromatic rings. The lowest BCUT2D eigenvalue weighted by Crippen LogP contribution is -2.22. The van der Waals surface area contributed by atoms with Crippen LogP contribution in [0.2, 0.25) is 0 Å². The van der Waals surface area contributed by atoms with E-state index >= 15 is 0 Å². The Kier molecular flexibility index (Phi) is 6.30. The van der Waals surface area contributed by atoms with Crippen LogP contribution in [-0.2, 0) is 14.8 Å². The van der Waals surface area contributed by atoms with E-state index in [0.717, 1.165) is 16.1 Å². The first kappa shape index (κ1) is 21.0. The molecule has 0 unspecified atom stereocenters. The van der Waals surface area contributed by atoms with Crippen LogP contribution in [0, 0.1) is 5.82 Å². The minimum Gasteiger partial charge on any atom is -0.411 e. The molecule has 0 atom stereocenters. The van der Waals surface area contributed by atoms with Crippen molar-refractivity contribution in [2.75, 3.05) is 25.2 Å². The lowest BCUT2D eigenvalue weighted by Gasteiger charge is -2.11. The van der Waals surface area contributed by atoms with E-state index in [1.807, 2.05) is 0 Å². The van der Waals surface area contributed by atoms with Crippen molar-refractivity contribution in [1.29, 1.82) is 0 Å². The van der Waals surface area contributed by atoms with Crippen molar-refractivity contribution in [1.82, 2.24) is 14.5 Å². The SMILES string of the molecule is CN(C)S(=O)(=O)c1ccc(NC(=O)CSc2nnc(-c3ccccc3F)o2)cc1. The Hall–Kier alpha value is -2.76. The summed E-state index contributed by atoms with van der Waals surface area (Å²) >= 11 is 1.00. The molecule has 11 heteroatoms. The number of nitrogens with zero attached hydrogens (tertiary/aromatic N) is 3. The van der Waals surface area contributed by atoms with Gasteiger partial charge in [0.1, 0.15) is 5.82 Å². The molecule has 0 spiro atoms. The molecule has 2 aromatic carbocycles. The van der Waals surface area contributed by atoms with Gasteiger partial charge in [-0.1, -0.05) is 23.9 Å². The highest BCUT2D eigenvalue weighted by Gasteiger charge is 2.17. The highest BCUT2D eigenvalue weighted by atomic mass is 32.2. The number of rotatable bonds is 7. The van der Waals surface area contributed by atoms with Gasteiger partial charge in [-0.3, -0.25) is 4.79 Å². The first-order chi connectivity index (χ1) is 13.8. The molecule has 152 valence electrons. The molecule has 1 N–H and O–H groups in total. The molecule has 3 rings (SSSR count). The van der Waals surface area contributed by atoms with Crippen molar-refractivity contribution in [2.24, 2.45) is 0 Å². The molecule has 1 heterocycles. The molecule has 0 aliphatic carbocycles. The van der Waals surface area contributed by atoms with Gasteiger partial charge in [-0.05, 0) is 36.4 Å². The van der Waals surface area contributed by atoms with E-state index in [1.165, 1.54) is 50.5 Å². The maximum atomic E-state index is 13.7. The number of thioether (sulfide) groups is 1. The van der Waals surface area contributed by atoms with Gasteiger partial charge < -0.3 is 9.73 Å². The van der Waals surface area contributed by atoms with Crippen molar-refractivity contribution in [3.05, 3.63) is 54.3 Å².